The quantitative estimate of drug-likeness (QED) is 0.805. The number of carbonyl (C=O) groups excluding carboxylic acids is 1. The van der Waals surface area contributed by atoms with E-state index in [9.17, 15) is 9.59 Å². The molecule has 1 aromatic heterocycles. The van der Waals surface area contributed by atoms with Gasteiger partial charge in [-0.25, -0.2) is 0 Å². The van der Waals surface area contributed by atoms with Gasteiger partial charge in [0.1, 0.15) is 18.2 Å². The molecular formula is C18H21N3O3S. The molecule has 0 spiro atoms. The van der Waals surface area contributed by atoms with Gasteiger partial charge in [-0.05, 0) is 31.5 Å². The minimum Gasteiger partial charge on any atom is -0.490 e. The standard InChI is InChI=1S/C18H21N3O3S/c1-4-9-24-13-7-5-12(6-8-13)16-15-17(19-14(22)10-25-16)21(11(2)3)20-18(15)23/h4-8,11,16H,1,9-10H2,2-3H3,(H,19,22)(H,20,23)/t16-/m0/s1. The summed E-state index contributed by atoms with van der Waals surface area (Å²) in [5.74, 6) is 1.50. The Morgan fingerprint density at radius 2 is 2.08 bits per heavy atom. The van der Waals surface area contributed by atoms with Gasteiger partial charge in [-0.15, -0.1) is 11.8 Å². The van der Waals surface area contributed by atoms with Gasteiger partial charge in [0.05, 0.1) is 16.6 Å². The highest BCUT2D eigenvalue weighted by atomic mass is 32.2. The molecule has 3 rings (SSSR count). The van der Waals surface area contributed by atoms with Crippen LogP contribution < -0.4 is 15.6 Å². The number of carbonyl (C=O) groups is 1. The molecule has 7 heteroatoms. The lowest BCUT2D eigenvalue weighted by Crippen LogP contribution is -2.17. The van der Waals surface area contributed by atoms with Crippen molar-refractivity contribution in [2.24, 2.45) is 0 Å². The van der Waals surface area contributed by atoms with Crippen LogP contribution in [0.5, 0.6) is 5.75 Å². The SMILES string of the molecule is C=CCOc1ccc([C@@H]2SCC(=O)Nc3c2c(=O)[nH]n3C(C)C)cc1. The first kappa shape index (κ1) is 17.4. The molecule has 0 bridgehead atoms. The molecule has 25 heavy (non-hydrogen) atoms. The van der Waals surface area contributed by atoms with E-state index in [0.717, 1.165) is 11.3 Å². The topological polar surface area (TPSA) is 76.1 Å². The zero-order chi connectivity index (χ0) is 18.0. The summed E-state index contributed by atoms with van der Waals surface area (Å²) < 4.78 is 7.22. The molecule has 0 saturated heterocycles. The van der Waals surface area contributed by atoms with E-state index in [1.807, 2.05) is 38.1 Å². The number of amides is 1. The predicted octanol–water partition coefficient (Wildman–Crippen LogP) is 3.10. The third kappa shape index (κ3) is 3.51. The summed E-state index contributed by atoms with van der Waals surface area (Å²) in [7, 11) is 0. The van der Waals surface area contributed by atoms with Crippen LogP contribution in [0.3, 0.4) is 0 Å². The number of ether oxygens (including phenoxy) is 1. The average Bonchev–Trinajstić information content (AvgIpc) is 2.80. The first-order valence-corrected chi connectivity index (χ1v) is 9.15. The number of nitrogens with zero attached hydrogens (tertiary/aromatic N) is 1. The van der Waals surface area contributed by atoms with Gasteiger partial charge in [-0.2, -0.15) is 0 Å². The highest BCUT2D eigenvalue weighted by Crippen LogP contribution is 2.40. The molecule has 0 aliphatic carbocycles. The average molecular weight is 359 g/mol. The smallest absolute Gasteiger partial charge is 0.270 e. The molecule has 1 atom stereocenters. The molecule has 2 aromatic rings. The van der Waals surface area contributed by atoms with E-state index < -0.39 is 0 Å². The van der Waals surface area contributed by atoms with Crippen molar-refractivity contribution in [2.45, 2.75) is 25.1 Å². The Balaban J connectivity index is 2.01. The Hall–Kier alpha value is -2.41. The van der Waals surface area contributed by atoms with E-state index in [2.05, 4.69) is 17.0 Å². The summed E-state index contributed by atoms with van der Waals surface area (Å²) in [6.07, 6.45) is 1.69. The summed E-state index contributed by atoms with van der Waals surface area (Å²) in [6.45, 7) is 7.99. The number of H-pyrrole nitrogens is 1. The van der Waals surface area contributed by atoms with Crippen molar-refractivity contribution in [2.75, 3.05) is 17.7 Å². The van der Waals surface area contributed by atoms with Crippen molar-refractivity contribution < 1.29 is 9.53 Å². The van der Waals surface area contributed by atoms with Crippen molar-refractivity contribution >= 4 is 23.5 Å². The summed E-state index contributed by atoms with van der Waals surface area (Å²) in [6, 6.07) is 7.64. The maximum absolute atomic E-state index is 12.6. The lowest BCUT2D eigenvalue weighted by Gasteiger charge is -2.15. The third-order valence-corrected chi connectivity index (χ3v) is 5.20. The van der Waals surface area contributed by atoms with Crippen LogP contribution in [0.1, 0.15) is 36.3 Å². The minimum absolute atomic E-state index is 0.0372. The van der Waals surface area contributed by atoms with Gasteiger partial charge in [0.15, 0.2) is 0 Å². The highest BCUT2D eigenvalue weighted by Gasteiger charge is 2.30. The Morgan fingerprint density at radius 1 is 1.36 bits per heavy atom. The lowest BCUT2D eigenvalue weighted by atomic mass is 10.1. The summed E-state index contributed by atoms with van der Waals surface area (Å²) in [4.78, 5) is 24.7. The van der Waals surface area contributed by atoms with Crippen LogP contribution in [-0.4, -0.2) is 28.0 Å². The Bertz CT molecular complexity index is 836. The molecule has 0 fully saturated rings. The molecule has 0 saturated carbocycles. The maximum atomic E-state index is 12.6. The Kier molecular flexibility index (Phi) is 5.03. The number of thioether (sulfide) groups is 1. The highest BCUT2D eigenvalue weighted by molar-refractivity contribution is 8.00. The molecule has 1 aromatic carbocycles. The second kappa shape index (κ2) is 7.23. The molecule has 1 aliphatic rings. The summed E-state index contributed by atoms with van der Waals surface area (Å²) in [5.41, 5.74) is 1.38. The molecule has 2 N–H and O–H groups in total. The lowest BCUT2D eigenvalue weighted by molar-refractivity contribution is -0.113. The molecule has 6 nitrogen and oxygen atoms in total. The fourth-order valence-corrected chi connectivity index (χ4v) is 3.91. The van der Waals surface area contributed by atoms with Crippen molar-refractivity contribution in [1.82, 2.24) is 9.78 Å². The number of benzene rings is 1. The van der Waals surface area contributed by atoms with Gasteiger partial charge >= 0.3 is 0 Å². The number of anilines is 1. The minimum atomic E-state index is -0.217. The molecule has 132 valence electrons. The van der Waals surface area contributed by atoms with Crippen LogP contribution in [0, 0.1) is 0 Å². The monoisotopic (exact) mass is 359 g/mol. The number of aromatic amines is 1. The van der Waals surface area contributed by atoms with E-state index >= 15 is 0 Å². The van der Waals surface area contributed by atoms with E-state index in [1.54, 1.807) is 10.8 Å². The first-order chi connectivity index (χ1) is 12.0. The van der Waals surface area contributed by atoms with Crippen LogP contribution >= 0.6 is 11.8 Å². The zero-order valence-corrected chi connectivity index (χ0v) is 15.1. The van der Waals surface area contributed by atoms with E-state index in [1.165, 1.54) is 11.8 Å². The zero-order valence-electron chi connectivity index (χ0n) is 14.2. The van der Waals surface area contributed by atoms with Crippen LogP contribution in [0.4, 0.5) is 5.82 Å². The third-order valence-electron chi connectivity index (χ3n) is 3.93. The number of rotatable bonds is 5. The van der Waals surface area contributed by atoms with Crippen molar-refractivity contribution in [3.8, 4) is 5.75 Å². The van der Waals surface area contributed by atoms with Crippen LogP contribution in [0.15, 0.2) is 41.7 Å². The van der Waals surface area contributed by atoms with Crippen LogP contribution in [-0.2, 0) is 4.79 Å². The number of aromatic nitrogens is 2. The van der Waals surface area contributed by atoms with Crippen LogP contribution in [0.25, 0.3) is 0 Å². The predicted molar refractivity (Wildman–Crippen MR) is 101 cm³/mol. The maximum Gasteiger partial charge on any atom is 0.270 e. The normalized spacial score (nSPS) is 16.9. The van der Waals surface area contributed by atoms with E-state index in [4.69, 9.17) is 4.74 Å². The first-order valence-electron chi connectivity index (χ1n) is 8.10. The molecule has 1 aliphatic heterocycles. The molecule has 0 unspecified atom stereocenters. The molecule has 1 amide bonds. The van der Waals surface area contributed by atoms with Gasteiger partial charge in [0.25, 0.3) is 5.56 Å². The van der Waals surface area contributed by atoms with Gasteiger partial charge in [0, 0.05) is 6.04 Å². The van der Waals surface area contributed by atoms with Gasteiger partial charge < -0.3 is 10.1 Å². The second-order valence-electron chi connectivity index (χ2n) is 6.07. The van der Waals surface area contributed by atoms with Crippen molar-refractivity contribution in [1.29, 1.82) is 0 Å². The van der Waals surface area contributed by atoms with Crippen LogP contribution in [0.2, 0.25) is 0 Å². The second-order valence-corrected chi connectivity index (χ2v) is 7.17. The molecular weight excluding hydrogens is 338 g/mol. The Labute approximate surface area is 150 Å². The molecule has 2 heterocycles. The van der Waals surface area contributed by atoms with Crippen molar-refractivity contribution in [3.63, 3.8) is 0 Å². The largest absolute Gasteiger partial charge is 0.490 e. The number of hydrogen-bond acceptors (Lipinski definition) is 4. The van der Waals surface area contributed by atoms with E-state index in [0.29, 0.717) is 23.7 Å². The van der Waals surface area contributed by atoms with E-state index in [-0.39, 0.29) is 22.8 Å². The van der Waals surface area contributed by atoms with Gasteiger partial charge in [-0.1, -0.05) is 24.8 Å². The number of fused-ring (bicyclic) bond motifs is 1. The summed E-state index contributed by atoms with van der Waals surface area (Å²) in [5, 5.41) is 5.49. The van der Waals surface area contributed by atoms with Gasteiger partial charge in [-0.3, -0.25) is 19.4 Å². The fraction of sp³-hybridized carbons (Fsp3) is 0.333. The molecule has 0 radical (unpaired) electrons. The van der Waals surface area contributed by atoms with Crippen molar-refractivity contribution in [3.05, 3.63) is 58.4 Å². The van der Waals surface area contributed by atoms with Gasteiger partial charge in [0.2, 0.25) is 5.91 Å². The Morgan fingerprint density at radius 3 is 2.72 bits per heavy atom. The number of nitrogens with one attached hydrogen (secondary N) is 2. The fourth-order valence-electron chi connectivity index (χ4n) is 2.79. The summed E-state index contributed by atoms with van der Waals surface area (Å²) >= 11 is 1.45. The number of hydrogen-bond donors (Lipinski definition) is 2.